The predicted molar refractivity (Wildman–Crippen MR) is 95.4 cm³/mol. The highest BCUT2D eigenvalue weighted by atomic mass is 16.3. The van der Waals surface area contributed by atoms with Crippen molar-refractivity contribution in [2.24, 2.45) is 0 Å². The first-order valence-electron chi connectivity index (χ1n) is 8.17. The van der Waals surface area contributed by atoms with E-state index in [-0.39, 0.29) is 5.43 Å². The molecule has 122 valence electrons. The molecule has 1 aromatic carbocycles. The Labute approximate surface area is 139 Å². The van der Waals surface area contributed by atoms with E-state index in [1.807, 2.05) is 30.3 Å². The summed E-state index contributed by atoms with van der Waals surface area (Å²) < 4.78 is 5.92. The van der Waals surface area contributed by atoms with Crippen molar-refractivity contribution in [3.8, 4) is 11.3 Å². The van der Waals surface area contributed by atoms with E-state index in [1.165, 1.54) is 0 Å². The minimum absolute atomic E-state index is 0.0277. The van der Waals surface area contributed by atoms with Crippen molar-refractivity contribution in [3.05, 3.63) is 59.0 Å². The van der Waals surface area contributed by atoms with Gasteiger partial charge in [0.1, 0.15) is 11.3 Å². The predicted octanol–water partition coefficient (Wildman–Crippen LogP) is 2.65. The third-order valence-electron chi connectivity index (χ3n) is 4.39. The van der Waals surface area contributed by atoms with Crippen molar-refractivity contribution >= 4 is 16.7 Å². The smallest absolute Gasteiger partial charge is 0.193 e. The van der Waals surface area contributed by atoms with Gasteiger partial charge in [-0.2, -0.15) is 0 Å². The van der Waals surface area contributed by atoms with Crippen LogP contribution in [0.5, 0.6) is 0 Å². The number of rotatable bonds is 2. The minimum Gasteiger partial charge on any atom is -0.456 e. The van der Waals surface area contributed by atoms with Crippen LogP contribution in [0.1, 0.15) is 6.92 Å². The number of nitrogens with one attached hydrogen (secondary N) is 1. The number of piperazine rings is 1. The molecule has 0 unspecified atom stereocenters. The topological polar surface area (TPSA) is 58.4 Å². The van der Waals surface area contributed by atoms with Crippen LogP contribution in [-0.4, -0.2) is 30.7 Å². The van der Waals surface area contributed by atoms with Crippen LogP contribution < -0.4 is 15.6 Å². The zero-order valence-corrected chi connectivity index (χ0v) is 13.5. The molecule has 1 aliphatic heterocycles. The molecule has 1 N–H and O–H groups in total. The maximum atomic E-state index is 12.6. The molecular weight excluding hydrogens is 302 g/mol. The molecule has 2 aromatic heterocycles. The van der Waals surface area contributed by atoms with Gasteiger partial charge in [-0.3, -0.25) is 9.78 Å². The van der Waals surface area contributed by atoms with Gasteiger partial charge in [-0.25, -0.2) is 0 Å². The molecule has 0 spiro atoms. The van der Waals surface area contributed by atoms with Crippen molar-refractivity contribution in [2.75, 3.05) is 24.5 Å². The minimum atomic E-state index is -0.0277. The Morgan fingerprint density at radius 2 is 2.21 bits per heavy atom. The number of hydrogen-bond acceptors (Lipinski definition) is 5. The molecular formula is C19H19N3O2. The summed E-state index contributed by atoms with van der Waals surface area (Å²) in [5, 5.41) is 4.05. The van der Waals surface area contributed by atoms with E-state index in [9.17, 15) is 4.79 Å². The van der Waals surface area contributed by atoms with Crippen LogP contribution in [0.4, 0.5) is 5.69 Å². The number of hydrogen-bond donors (Lipinski definition) is 1. The van der Waals surface area contributed by atoms with Gasteiger partial charge in [-0.15, -0.1) is 0 Å². The van der Waals surface area contributed by atoms with E-state index < -0.39 is 0 Å². The zero-order valence-electron chi connectivity index (χ0n) is 13.5. The number of anilines is 1. The largest absolute Gasteiger partial charge is 0.456 e. The van der Waals surface area contributed by atoms with Gasteiger partial charge in [-0.05, 0) is 37.3 Å². The van der Waals surface area contributed by atoms with Gasteiger partial charge < -0.3 is 14.6 Å². The van der Waals surface area contributed by atoms with Crippen LogP contribution in [0.25, 0.3) is 22.3 Å². The fourth-order valence-corrected chi connectivity index (χ4v) is 3.16. The first kappa shape index (κ1) is 14.9. The number of benzene rings is 1. The van der Waals surface area contributed by atoms with Gasteiger partial charge >= 0.3 is 0 Å². The second-order valence-electron chi connectivity index (χ2n) is 6.20. The van der Waals surface area contributed by atoms with E-state index in [0.29, 0.717) is 22.8 Å². The molecule has 1 atom stereocenters. The quantitative estimate of drug-likeness (QED) is 0.786. The van der Waals surface area contributed by atoms with Crippen molar-refractivity contribution in [3.63, 3.8) is 0 Å². The number of nitrogens with zero attached hydrogens (tertiary/aromatic N) is 2. The average molecular weight is 321 g/mol. The van der Waals surface area contributed by atoms with E-state index in [0.717, 1.165) is 30.9 Å². The molecule has 24 heavy (non-hydrogen) atoms. The summed E-state index contributed by atoms with van der Waals surface area (Å²) in [6.07, 6.45) is 3.39. The van der Waals surface area contributed by atoms with Crippen LogP contribution in [0.15, 0.2) is 58.0 Å². The number of fused-ring (bicyclic) bond motifs is 1. The van der Waals surface area contributed by atoms with Crippen LogP contribution in [0.3, 0.4) is 0 Å². The Morgan fingerprint density at radius 1 is 1.29 bits per heavy atom. The Kier molecular flexibility index (Phi) is 3.78. The molecule has 3 heterocycles. The van der Waals surface area contributed by atoms with Crippen molar-refractivity contribution in [2.45, 2.75) is 13.0 Å². The zero-order chi connectivity index (χ0) is 16.5. The third-order valence-corrected chi connectivity index (χ3v) is 4.39. The molecule has 0 saturated carbocycles. The summed E-state index contributed by atoms with van der Waals surface area (Å²) in [4.78, 5) is 18.9. The normalized spacial score (nSPS) is 18.0. The van der Waals surface area contributed by atoms with Crippen molar-refractivity contribution in [1.29, 1.82) is 0 Å². The van der Waals surface area contributed by atoms with Gasteiger partial charge in [0.15, 0.2) is 5.43 Å². The van der Waals surface area contributed by atoms with Gasteiger partial charge in [0.2, 0.25) is 0 Å². The van der Waals surface area contributed by atoms with Gasteiger partial charge in [0, 0.05) is 55.4 Å². The monoisotopic (exact) mass is 321 g/mol. The first-order chi connectivity index (χ1) is 11.7. The van der Waals surface area contributed by atoms with Gasteiger partial charge in [0.05, 0.1) is 5.39 Å². The number of pyridine rings is 1. The lowest BCUT2D eigenvalue weighted by molar-refractivity contribution is 0.485. The van der Waals surface area contributed by atoms with Gasteiger partial charge in [-0.1, -0.05) is 0 Å². The molecule has 1 saturated heterocycles. The molecule has 3 aromatic rings. The van der Waals surface area contributed by atoms with E-state index in [4.69, 9.17) is 4.42 Å². The maximum absolute atomic E-state index is 12.6. The lowest BCUT2D eigenvalue weighted by atomic mass is 10.1. The third kappa shape index (κ3) is 2.78. The summed E-state index contributed by atoms with van der Waals surface area (Å²) in [7, 11) is 0. The Hall–Kier alpha value is -2.66. The van der Waals surface area contributed by atoms with E-state index >= 15 is 0 Å². The second kappa shape index (κ2) is 6.09. The molecule has 5 nitrogen and oxygen atoms in total. The molecule has 4 rings (SSSR count). The fraction of sp³-hybridized carbons (Fsp3) is 0.263. The summed E-state index contributed by atoms with van der Waals surface area (Å²) in [5.74, 6) is 0.546. The SMILES string of the molecule is C[C@@H]1CN(c2ccc3oc(-c4cccnc4)cc(=O)c3c2)CCN1. The van der Waals surface area contributed by atoms with Crippen LogP contribution in [0.2, 0.25) is 0 Å². The summed E-state index contributed by atoms with van der Waals surface area (Å²) in [5.41, 5.74) is 2.45. The summed E-state index contributed by atoms with van der Waals surface area (Å²) in [6, 6.07) is 11.5. The number of aromatic nitrogens is 1. The van der Waals surface area contributed by atoms with Crippen molar-refractivity contribution in [1.82, 2.24) is 10.3 Å². The van der Waals surface area contributed by atoms with E-state index in [1.54, 1.807) is 18.5 Å². The van der Waals surface area contributed by atoms with Gasteiger partial charge in [0.25, 0.3) is 0 Å². The highest BCUT2D eigenvalue weighted by Crippen LogP contribution is 2.25. The second-order valence-corrected chi connectivity index (χ2v) is 6.20. The van der Waals surface area contributed by atoms with Crippen molar-refractivity contribution < 1.29 is 4.42 Å². The Balaban J connectivity index is 1.76. The molecule has 0 radical (unpaired) electrons. The maximum Gasteiger partial charge on any atom is 0.193 e. The molecule has 1 fully saturated rings. The average Bonchev–Trinajstić information content (AvgIpc) is 2.62. The highest BCUT2D eigenvalue weighted by molar-refractivity contribution is 5.82. The summed E-state index contributed by atoms with van der Waals surface area (Å²) in [6.45, 7) is 5.00. The van der Waals surface area contributed by atoms with Crippen LogP contribution in [-0.2, 0) is 0 Å². The van der Waals surface area contributed by atoms with Crippen LogP contribution in [0, 0.1) is 0 Å². The lowest BCUT2D eigenvalue weighted by Crippen LogP contribution is -2.49. The molecule has 5 heteroatoms. The lowest BCUT2D eigenvalue weighted by Gasteiger charge is -2.33. The highest BCUT2D eigenvalue weighted by Gasteiger charge is 2.17. The Morgan fingerprint density at radius 3 is 3.00 bits per heavy atom. The molecule has 0 amide bonds. The first-order valence-corrected chi connectivity index (χ1v) is 8.17. The molecule has 1 aliphatic rings. The van der Waals surface area contributed by atoms with E-state index in [2.05, 4.69) is 22.1 Å². The Bertz CT molecular complexity index is 921. The fourth-order valence-electron chi connectivity index (χ4n) is 3.16. The summed E-state index contributed by atoms with van der Waals surface area (Å²) >= 11 is 0. The van der Waals surface area contributed by atoms with Crippen LogP contribution >= 0.6 is 0 Å². The standard InChI is InChI=1S/C19H19N3O2/c1-13-12-22(8-7-21-13)15-4-5-18-16(9-15)17(23)10-19(24-18)14-3-2-6-20-11-14/h2-6,9-11,13,21H,7-8,12H2,1H3/t13-/m1/s1. The molecule has 0 bridgehead atoms. The molecule has 0 aliphatic carbocycles.